The van der Waals surface area contributed by atoms with Gasteiger partial charge in [-0.3, -0.25) is 0 Å². The SMILES string of the molecule is CC(/C=C/C=C/CO)CNC(=O)OC(C)(C)C. The molecule has 0 aliphatic rings. The number of aliphatic hydroxyl groups is 1. The smallest absolute Gasteiger partial charge is 0.407 e. The highest BCUT2D eigenvalue weighted by Crippen LogP contribution is 2.06. The van der Waals surface area contributed by atoms with Crippen molar-refractivity contribution in [2.24, 2.45) is 5.92 Å². The molecule has 0 bridgehead atoms. The van der Waals surface area contributed by atoms with Crippen molar-refractivity contribution in [2.45, 2.75) is 33.3 Å². The van der Waals surface area contributed by atoms with Crippen LogP contribution in [0.2, 0.25) is 0 Å². The second-order valence-corrected chi connectivity index (χ2v) is 4.86. The molecule has 0 heterocycles. The normalized spacial score (nSPS) is 14.2. The van der Waals surface area contributed by atoms with Crippen molar-refractivity contribution in [2.75, 3.05) is 13.2 Å². The molecular weight excluding hydrogens is 218 g/mol. The van der Waals surface area contributed by atoms with Crippen LogP contribution in [0.1, 0.15) is 27.7 Å². The third-order valence-corrected chi connectivity index (χ3v) is 1.76. The van der Waals surface area contributed by atoms with Crippen molar-refractivity contribution < 1.29 is 14.6 Å². The Morgan fingerprint density at radius 2 is 2.06 bits per heavy atom. The summed E-state index contributed by atoms with van der Waals surface area (Å²) in [4.78, 5) is 11.3. The van der Waals surface area contributed by atoms with Gasteiger partial charge in [-0.05, 0) is 26.7 Å². The van der Waals surface area contributed by atoms with Crippen LogP contribution >= 0.6 is 0 Å². The summed E-state index contributed by atoms with van der Waals surface area (Å²) >= 11 is 0. The van der Waals surface area contributed by atoms with E-state index in [1.54, 1.807) is 12.2 Å². The molecule has 0 fully saturated rings. The van der Waals surface area contributed by atoms with Crippen LogP contribution in [-0.2, 0) is 4.74 Å². The van der Waals surface area contributed by atoms with Crippen LogP contribution in [0.15, 0.2) is 24.3 Å². The lowest BCUT2D eigenvalue weighted by Crippen LogP contribution is -2.34. The zero-order valence-corrected chi connectivity index (χ0v) is 11.1. The van der Waals surface area contributed by atoms with E-state index in [0.29, 0.717) is 6.54 Å². The van der Waals surface area contributed by atoms with Crippen molar-refractivity contribution >= 4 is 6.09 Å². The van der Waals surface area contributed by atoms with E-state index in [2.05, 4.69) is 5.32 Å². The van der Waals surface area contributed by atoms with Crippen LogP contribution in [0, 0.1) is 5.92 Å². The number of rotatable bonds is 5. The Balaban J connectivity index is 3.84. The Morgan fingerprint density at radius 3 is 2.59 bits per heavy atom. The monoisotopic (exact) mass is 241 g/mol. The minimum absolute atomic E-state index is 0.0366. The van der Waals surface area contributed by atoms with E-state index >= 15 is 0 Å². The summed E-state index contributed by atoms with van der Waals surface area (Å²) < 4.78 is 5.11. The molecule has 0 spiro atoms. The topological polar surface area (TPSA) is 58.6 Å². The van der Waals surface area contributed by atoms with Crippen LogP contribution in [0.5, 0.6) is 0 Å². The Labute approximate surface area is 103 Å². The molecule has 0 aromatic carbocycles. The molecule has 2 N–H and O–H groups in total. The molecule has 0 saturated heterocycles. The molecule has 0 aliphatic heterocycles. The Morgan fingerprint density at radius 1 is 1.41 bits per heavy atom. The van der Waals surface area contributed by atoms with Crippen molar-refractivity contribution in [1.82, 2.24) is 5.32 Å². The molecular formula is C13H23NO3. The number of hydrogen-bond donors (Lipinski definition) is 2. The summed E-state index contributed by atoms with van der Waals surface area (Å²) in [6, 6.07) is 0. The van der Waals surface area contributed by atoms with Gasteiger partial charge in [-0.1, -0.05) is 31.2 Å². The molecule has 1 amide bonds. The third-order valence-electron chi connectivity index (χ3n) is 1.76. The lowest BCUT2D eigenvalue weighted by molar-refractivity contribution is 0.0523. The largest absolute Gasteiger partial charge is 0.444 e. The highest BCUT2D eigenvalue weighted by molar-refractivity contribution is 5.67. The van der Waals surface area contributed by atoms with Gasteiger partial charge in [-0.15, -0.1) is 0 Å². The van der Waals surface area contributed by atoms with Gasteiger partial charge in [0, 0.05) is 6.54 Å². The summed E-state index contributed by atoms with van der Waals surface area (Å²) in [5.74, 6) is 0.214. The first-order valence-electron chi connectivity index (χ1n) is 5.76. The standard InChI is InChI=1S/C13H23NO3/c1-11(8-6-5-7-9-15)10-14-12(16)17-13(2,3)4/h5-8,11,15H,9-10H2,1-4H3,(H,14,16)/b7-5+,8-6+. The molecule has 0 aromatic rings. The fraction of sp³-hybridized carbons (Fsp3) is 0.615. The van der Waals surface area contributed by atoms with Crippen molar-refractivity contribution in [3.63, 3.8) is 0 Å². The molecule has 0 aromatic heterocycles. The highest BCUT2D eigenvalue weighted by Gasteiger charge is 2.15. The zero-order valence-electron chi connectivity index (χ0n) is 11.1. The quantitative estimate of drug-likeness (QED) is 0.726. The summed E-state index contributed by atoms with van der Waals surface area (Å²) in [6.07, 6.45) is 6.80. The van der Waals surface area contributed by atoms with E-state index in [-0.39, 0.29) is 12.5 Å². The molecule has 4 nitrogen and oxygen atoms in total. The van der Waals surface area contributed by atoms with Gasteiger partial charge in [0.1, 0.15) is 5.60 Å². The molecule has 1 atom stereocenters. The van der Waals surface area contributed by atoms with Gasteiger partial charge in [0.15, 0.2) is 0 Å². The second-order valence-electron chi connectivity index (χ2n) is 4.86. The van der Waals surface area contributed by atoms with Gasteiger partial charge in [0.2, 0.25) is 0 Å². The first kappa shape index (κ1) is 15.7. The maximum atomic E-state index is 11.3. The first-order chi connectivity index (χ1) is 7.85. The predicted octanol–water partition coefficient (Wildman–Crippen LogP) is 2.25. The number of hydrogen-bond acceptors (Lipinski definition) is 3. The Bertz CT molecular complexity index is 277. The van der Waals surface area contributed by atoms with Gasteiger partial charge >= 0.3 is 6.09 Å². The minimum atomic E-state index is -0.465. The zero-order chi connectivity index (χ0) is 13.3. The molecule has 0 radical (unpaired) electrons. The van der Waals surface area contributed by atoms with Crippen LogP contribution in [-0.4, -0.2) is 30.0 Å². The van der Waals surface area contributed by atoms with Gasteiger partial charge < -0.3 is 15.2 Å². The molecule has 98 valence electrons. The molecule has 0 saturated carbocycles. The summed E-state index contributed by atoms with van der Waals surface area (Å²) in [7, 11) is 0. The summed E-state index contributed by atoms with van der Waals surface area (Å²) in [6.45, 7) is 8.04. The van der Waals surface area contributed by atoms with Crippen LogP contribution in [0.3, 0.4) is 0 Å². The van der Waals surface area contributed by atoms with E-state index in [9.17, 15) is 4.79 Å². The maximum Gasteiger partial charge on any atom is 0.407 e. The minimum Gasteiger partial charge on any atom is -0.444 e. The predicted molar refractivity (Wildman–Crippen MR) is 68.8 cm³/mol. The molecule has 0 aliphatic carbocycles. The third kappa shape index (κ3) is 11.0. The number of nitrogens with one attached hydrogen (secondary N) is 1. The number of carbonyl (C=O) groups excluding carboxylic acids is 1. The molecule has 4 heteroatoms. The number of aliphatic hydroxyl groups excluding tert-OH is 1. The Hall–Kier alpha value is -1.29. The lowest BCUT2D eigenvalue weighted by atomic mass is 10.1. The van der Waals surface area contributed by atoms with Crippen LogP contribution < -0.4 is 5.32 Å². The lowest BCUT2D eigenvalue weighted by Gasteiger charge is -2.20. The van der Waals surface area contributed by atoms with E-state index in [0.717, 1.165) is 0 Å². The maximum absolute atomic E-state index is 11.3. The fourth-order valence-electron chi connectivity index (χ4n) is 1.02. The van der Waals surface area contributed by atoms with E-state index < -0.39 is 11.7 Å². The summed E-state index contributed by atoms with van der Waals surface area (Å²) in [5, 5.41) is 11.2. The average molecular weight is 241 g/mol. The number of allylic oxidation sites excluding steroid dienone is 2. The van der Waals surface area contributed by atoms with Gasteiger partial charge in [0.05, 0.1) is 6.61 Å². The molecule has 1 unspecified atom stereocenters. The van der Waals surface area contributed by atoms with E-state index in [1.165, 1.54) is 0 Å². The number of carbonyl (C=O) groups is 1. The van der Waals surface area contributed by atoms with Gasteiger partial charge in [-0.25, -0.2) is 4.79 Å². The number of alkyl carbamates (subject to hydrolysis) is 1. The van der Waals surface area contributed by atoms with E-state index in [1.807, 2.05) is 39.8 Å². The number of amides is 1. The molecule has 0 rings (SSSR count). The first-order valence-corrected chi connectivity index (χ1v) is 5.76. The highest BCUT2D eigenvalue weighted by atomic mass is 16.6. The van der Waals surface area contributed by atoms with Crippen molar-refractivity contribution in [1.29, 1.82) is 0 Å². The second kappa shape index (κ2) is 7.90. The average Bonchev–Trinajstić information content (AvgIpc) is 2.19. The van der Waals surface area contributed by atoms with Gasteiger partial charge in [0.25, 0.3) is 0 Å². The summed E-state index contributed by atoms with van der Waals surface area (Å²) in [5.41, 5.74) is -0.465. The van der Waals surface area contributed by atoms with Crippen LogP contribution in [0.4, 0.5) is 4.79 Å². The molecule has 17 heavy (non-hydrogen) atoms. The fourth-order valence-corrected chi connectivity index (χ4v) is 1.02. The van der Waals surface area contributed by atoms with Crippen molar-refractivity contribution in [3.05, 3.63) is 24.3 Å². The van der Waals surface area contributed by atoms with Crippen LogP contribution in [0.25, 0.3) is 0 Å². The number of ether oxygens (including phenoxy) is 1. The van der Waals surface area contributed by atoms with Gasteiger partial charge in [-0.2, -0.15) is 0 Å². The van der Waals surface area contributed by atoms with Crippen molar-refractivity contribution in [3.8, 4) is 0 Å². The van der Waals surface area contributed by atoms with E-state index in [4.69, 9.17) is 9.84 Å². The Kier molecular flexibility index (Phi) is 7.30.